The average molecular weight is 216 g/mol. The minimum atomic E-state index is 0.592. The third-order valence-corrected chi connectivity index (χ3v) is 2.89. The predicted molar refractivity (Wildman–Crippen MR) is 62.3 cm³/mol. The van der Waals surface area contributed by atoms with Crippen LogP contribution >= 0.6 is 0 Å². The van der Waals surface area contributed by atoms with Crippen LogP contribution in [0.25, 0.3) is 0 Å². The van der Waals surface area contributed by atoms with Crippen molar-refractivity contribution in [2.75, 3.05) is 13.2 Å². The highest BCUT2D eigenvalue weighted by Gasteiger charge is 2.13. The number of hydrogen-bond acceptors (Lipinski definition) is 3. The van der Waals surface area contributed by atoms with Crippen LogP contribution in [0.5, 0.6) is 5.75 Å². The summed E-state index contributed by atoms with van der Waals surface area (Å²) >= 11 is 0. The Morgan fingerprint density at radius 2 is 2.31 bits per heavy atom. The van der Waals surface area contributed by atoms with E-state index in [1.54, 1.807) is 6.07 Å². The molecule has 1 unspecified atom stereocenters. The summed E-state index contributed by atoms with van der Waals surface area (Å²) in [6, 6.07) is 10.1. The highest BCUT2D eigenvalue weighted by molar-refractivity contribution is 5.42. The summed E-state index contributed by atoms with van der Waals surface area (Å²) in [5, 5.41) is 12.3. The zero-order chi connectivity index (χ0) is 11.2. The largest absolute Gasteiger partial charge is 0.492 e. The summed E-state index contributed by atoms with van der Waals surface area (Å²) in [6.07, 6.45) is 3.52. The molecule has 1 fully saturated rings. The van der Waals surface area contributed by atoms with Crippen LogP contribution in [0.1, 0.15) is 24.8 Å². The van der Waals surface area contributed by atoms with E-state index in [1.165, 1.54) is 12.8 Å². The van der Waals surface area contributed by atoms with E-state index >= 15 is 0 Å². The lowest BCUT2D eigenvalue weighted by molar-refractivity contribution is 0.291. The number of hydrogen-bond donors (Lipinski definition) is 1. The molecule has 2 rings (SSSR count). The third kappa shape index (κ3) is 2.74. The van der Waals surface area contributed by atoms with Gasteiger partial charge in [0, 0.05) is 6.04 Å². The molecule has 0 saturated carbocycles. The summed E-state index contributed by atoms with van der Waals surface area (Å²) in [5.41, 5.74) is 0.613. The Morgan fingerprint density at radius 3 is 3.06 bits per heavy atom. The van der Waals surface area contributed by atoms with Crippen LogP contribution in [0, 0.1) is 11.3 Å². The summed E-state index contributed by atoms with van der Waals surface area (Å²) in [7, 11) is 0. The van der Waals surface area contributed by atoms with Crippen molar-refractivity contribution < 1.29 is 4.74 Å². The van der Waals surface area contributed by atoms with Gasteiger partial charge in [0.15, 0.2) is 0 Å². The van der Waals surface area contributed by atoms with E-state index in [1.807, 2.05) is 18.2 Å². The number of rotatable bonds is 4. The van der Waals surface area contributed by atoms with Gasteiger partial charge in [-0.2, -0.15) is 5.26 Å². The van der Waals surface area contributed by atoms with Crippen LogP contribution in [0.3, 0.4) is 0 Å². The zero-order valence-electron chi connectivity index (χ0n) is 9.28. The van der Waals surface area contributed by atoms with Gasteiger partial charge in [-0.15, -0.1) is 0 Å². The van der Waals surface area contributed by atoms with Crippen molar-refractivity contribution in [1.29, 1.82) is 5.26 Å². The normalized spacial score (nSPS) is 19.3. The van der Waals surface area contributed by atoms with Crippen LogP contribution in [-0.2, 0) is 0 Å². The fraction of sp³-hybridized carbons (Fsp3) is 0.462. The molecule has 1 aliphatic heterocycles. The Labute approximate surface area is 96.0 Å². The van der Waals surface area contributed by atoms with Crippen molar-refractivity contribution in [3.05, 3.63) is 29.8 Å². The number of benzene rings is 1. The number of nitrogens with zero attached hydrogens (tertiary/aromatic N) is 1. The van der Waals surface area contributed by atoms with E-state index < -0.39 is 0 Å². The topological polar surface area (TPSA) is 45.0 Å². The quantitative estimate of drug-likeness (QED) is 0.838. The lowest BCUT2D eigenvalue weighted by Crippen LogP contribution is -2.23. The minimum Gasteiger partial charge on any atom is -0.492 e. The molecule has 1 saturated heterocycles. The lowest BCUT2D eigenvalue weighted by Gasteiger charge is -2.11. The Morgan fingerprint density at radius 1 is 1.44 bits per heavy atom. The molecule has 1 aromatic rings. The first-order chi connectivity index (χ1) is 7.90. The van der Waals surface area contributed by atoms with E-state index in [4.69, 9.17) is 10.00 Å². The standard InChI is InChI=1S/C13H16N2O/c14-10-11-4-1-2-6-13(11)16-9-7-12-5-3-8-15-12/h1-2,4,6,12,15H,3,5,7-9H2. The van der Waals surface area contributed by atoms with Gasteiger partial charge in [0.2, 0.25) is 0 Å². The highest BCUT2D eigenvalue weighted by Crippen LogP contribution is 2.17. The van der Waals surface area contributed by atoms with Gasteiger partial charge in [-0.05, 0) is 37.9 Å². The van der Waals surface area contributed by atoms with Gasteiger partial charge in [-0.3, -0.25) is 0 Å². The van der Waals surface area contributed by atoms with E-state index in [-0.39, 0.29) is 0 Å². The van der Waals surface area contributed by atoms with E-state index in [9.17, 15) is 0 Å². The third-order valence-electron chi connectivity index (χ3n) is 2.89. The fourth-order valence-corrected chi connectivity index (χ4v) is 2.00. The van der Waals surface area contributed by atoms with Gasteiger partial charge >= 0.3 is 0 Å². The molecular weight excluding hydrogens is 200 g/mol. The fourth-order valence-electron chi connectivity index (χ4n) is 2.00. The van der Waals surface area contributed by atoms with E-state index in [0.717, 1.165) is 13.0 Å². The van der Waals surface area contributed by atoms with Crippen molar-refractivity contribution >= 4 is 0 Å². The van der Waals surface area contributed by atoms with Gasteiger partial charge < -0.3 is 10.1 Å². The molecule has 0 spiro atoms. The van der Waals surface area contributed by atoms with E-state index in [0.29, 0.717) is 24.0 Å². The van der Waals surface area contributed by atoms with E-state index in [2.05, 4.69) is 11.4 Å². The van der Waals surface area contributed by atoms with Gasteiger partial charge in [-0.25, -0.2) is 0 Å². The first kappa shape index (κ1) is 11.0. The Balaban J connectivity index is 1.82. The maximum Gasteiger partial charge on any atom is 0.137 e. The maximum absolute atomic E-state index is 8.89. The molecule has 1 N–H and O–H groups in total. The second-order valence-corrected chi connectivity index (χ2v) is 4.04. The number of nitriles is 1. The first-order valence-corrected chi connectivity index (χ1v) is 5.75. The molecule has 0 aromatic heterocycles. The van der Waals surface area contributed by atoms with Crippen molar-refractivity contribution in [2.24, 2.45) is 0 Å². The molecule has 3 nitrogen and oxygen atoms in total. The van der Waals surface area contributed by atoms with Crippen molar-refractivity contribution in [2.45, 2.75) is 25.3 Å². The molecule has 1 atom stereocenters. The van der Waals surface area contributed by atoms with Gasteiger partial charge in [0.1, 0.15) is 11.8 Å². The van der Waals surface area contributed by atoms with Gasteiger partial charge in [0.05, 0.1) is 12.2 Å². The summed E-state index contributed by atoms with van der Waals surface area (Å²) in [4.78, 5) is 0. The summed E-state index contributed by atoms with van der Waals surface area (Å²) in [6.45, 7) is 1.80. The van der Waals surface area contributed by atoms with Crippen molar-refractivity contribution in [1.82, 2.24) is 5.32 Å². The second kappa shape index (κ2) is 5.53. The van der Waals surface area contributed by atoms with Crippen LogP contribution in [0.2, 0.25) is 0 Å². The van der Waals surface area contributed by atoms with Crippen LogP contribution in [0.15, 0.2) is 24.3 Å². The number of para-hydroxylation sites is 1. The molecule has 16 heavy (non-hydrogen) atoms. The number of ether oxygens (including phenoxy) is 1. The molecule has 0 bridgehead atoms. The first-order valence-electron chi connectivity index (χ1n) is 5.75. The molecule has 0 aliphatic carbocycles. The van der Waals surface area contributed by atoms with Gasteiger partial charge in [0.25, 0.3) is 0 Å². The van der Waals surface area contributed by atoms with Crippen molar-refractivity contribution in [3.63, 3.8) is 0 Å². The molecule has 3 heteroatoms. The molecule has 0 radical (unpaired) electrons. The summed E-state index contributed by atoms with van der Waals surface area (Å²) < 4.78 is 5.63. The number of nitrogens with one attached hydrogen (secondary N) is 1. The maximum atomic E-state index is 8.89. The molecule has 84 valence electrons. The summed E-state index contributed by atoms with van der Waals surface area (Å²) in [5.74, 6) is 0.697. The Bertz CT molecular complexity index is 378. The molecule has 1 heterocycles. The molecule has 0 amide bonds. The SMILES string of the molecule is N#Cc1ccccc1OCCC1CCCN1. The monoisotopic (exact) mass is 216 g/mol. The van der Waals surface area contributed by atoms with Crippen LogP contribution < -0.4 is 10.1 Å². The highest BCUT2D eigenvalue weighted by atomic mass is 16.5. The Kier molecular flexibility index (Phi) is 3.79. The van der Waals surface area contributed by atoms with Crippen LogP contribution in [-0.4, -0.2) is 19.2 Å². The second-order valence-electron chi connectivity index (χ2n) is 4.04. The lowest BCUT2D eigenvalue weighted by atomic mass is 10.2. The van der Waals surface area contributed by atoms with Crippen molar-refractivity contribution in [3.8, 4) is 11.8 Å². The predicted octanol–water partition coefficient (Wildman–Crippen LogP) is 2.08. The molecular formula is C13H16N2O. The smallest absolute Gasteiger partial charge is 0.137 e. The molecule has 1 aromatic carbocycles. The Hall–Kier alpha value is -1.53. The molecule has 1 aliphatic rings. The van der Waals surface area contributed by atoms with Gasteiger partial charge in [-0.1, -0.05) is 12.1 Å². The zero-order valence-corrected chi connectivity index (χ0v) is 9.28. The average Bonchev–Trinajstić information content (AvgIpc) is 2.83. The van der Waals surface area contributed by atoms with Crippen LogP contribution in [0.4, 0.5) is 0 Å². The minimum absolute atomic E-state index is 0.592.